The predicted molar refractivity (Wildman–Crippen MR) is 119 cm³/mol. The van der Waals surface area contributed by atoms with Gasteiger partial charge in [0.15, 0.2) is 17.1 Å². The summed E-state index contributed by atoms with van der Waals surface area (Å²) in [4.78, 5) is 36.7. The molecule has 0 N–H and O–H groups in total. The lowest BCUT2D eigenvalue weighted by atomic mass is 9.85. The second-order valence-electron chi connectivity index (χ2n) is 8.33. The van der Waals surface area contributed by atoms with Gasteiger partial charge in [-0.1, -0.05) is 60.7 Å². The van der Waals surface area contributed by atoms with E-state index in [1.54, 1.807) is 12.1 Å². The van der Waals surface area contributed by atoms with Crippen LogP contribution in [0.4, 0.5) is 0 Å². The minimum absolute atomic E-state index is 0.150. The van der Waals surface area contributed by atoms with Crippen LogP contribution in [0.25, 0.3) is 0 Å². The number of pyridine rings is 1. The molecule has 5 rings (SSSR count). The molecule has 0 saturated carbocycles. The molecule has 5 nitrogen and oxygen atoms in total. The normalized spacial score (nSPS) is 18.9. The number of fused-ring (bicyclic) bond motifs is 1. The van der Waals surface area contributed by atoms with Crippen molar-refractivity contribution in [2.24, 2.45) is 0 Å². The molecule has 31 heavy (non-hydrogen) atoms. The van der Waals surface area contributed by atoms with E-state index in [-0.39, 0.29) is 11.6 Å². The van der Waals surface area contributed by atoms with E-state index in [1.807, 2.05) is 43.3 Å². The Kier molecular flexibility index (Phi) is 5.00. The zero-order valence-corrected chi connectivity index (χ0v) is 17.6. The molecule has 2 heterocycles. The van der Waals surface area contributed by atoms with Gasteiger partial charge in [0.25, 0.3) is 0 Å². The van der Waals surface area contributed by atoms with Gasteiger partial charge in [-0.3, -0.25) is 24.4 Å². The van der Waals surface area contributed by atoms with Crippen LogP contribution >= 0.6 is 0 Å². The SMILES string of the molecule is Cc1cccc(C2(N3CCN(Cc4ccccc4)CC3)C(=O)c3ccccc3C2=O)n1. The standard InChI is InChI=1S/C26H25N3O2/c1-19-8-7-13-23(27-19)26(24(30)21-11-5-6-12-22(21)25(26)31)29-16-14-28(15-17-29)18-20-9-3-2-4-10-20/h2-13H,14-18H2,1H3. The van der Waals surface area contributed by atoms with Crippen LogP contribution < -0.4 is 0 Å². The van der Waals surface area contributed by atoms with Gasteiger partial charge in [-0.05, 0) is 24.6 Å². The van der Waals surface area contributed by atoms with Gasteiger partial charge < -0.3 is 0 Å². The van der Waals surface area contributed by atoms with Gasteiger partial charge in [-0.2, -0.15) is 0 Å². The van der Waals surface area contributed by atoms with E-state index in [0.717, 1.165) is 25.3 Å². The molecule has 2 aliphatic rings. The maximum atomic E-state index is 13.8. The number of benzene rings is 2. The molecule has 0 bridgehead atoms. The molecule has 5 heteroatoms. The summed E-state index contributed by atoms with van der Waals surface area (Å²) in [5.41, 5.74) is 2.25. The highest BCUT2D eigenvalue weighted by atomic mass is 16.2. The smallest absolute Gasteiger partial charge is 0.198 e. The Bertz CT molecular complexity index is 1100. The maximum Gasteiger partial charge on any atom is 0.198 e. The quantitative estimate of drug-likeness (QED) is 0.616. The highest BCUT2D eigenvalue weighted by Gasteiger charge is 2.59. The largest absolute Gasteiger partial charge is 0.297 e. The van der Waals surface area contributed by atoms with Crippen LogP contribution in [0, 0.1) is 6.92 Å². The third kappa shape index (κ3) is 3.21. The van der Waals surface area contributed by atoms with Crippen molar-refractivity contribution in [2.45, 2.75) is 19.0 Å². The van der Waals surface area contributed by atoms with Gasteiger partial charge in [0.1, 0.15) is 0 Å². The van der Waals surface area contributed by atoms with E-state index >= 15 is 0 Å². The van der Waals surface area contributed by atoms with Crippen molar-refractivity contribution in [1.82, 2.24) is 14.8 Å². The van der Waals surface area contributed by atoms with E-state index in [2.05, 4.69) is 39.0 Å². The fourth-order valence-electron chi connectivity index (χ4n) is 4.88. The molecule has 0 amide bonds. The van der Waals surface area contributed by atoms with Gasteiger partial charge in [0.05, 0.1) is 5.69 Å². The Morgan fingerprint density at radius 1 is 0.774 bits per heavy atom. The fourth-order valence-corrected chi connectivity index (χ4v) is 4.88. The predicted octanol–water partition coefficient (Wildman–Crippen LogP) is 3.48. The van der Waals surface area contributed by atoms with E-state index < -0.39 is 5.54 Å². The Morgan fingerprint density at radius 2 is 1.39 bits per heavy atom. The number of aryl methyl sites for hydroxylation is 1. The van der Waals surface area contributed by atoms with Crippen LogP contribution in [0.5, 0.6) is 0 Å². The van der Waals surface area contributed by atoms with Gasteiger partial charge in [-0.15, -0.1) is 0 Å². The van der Waals surface area contributed by atoms with Crippen LogP contribution in [0.15, 0.2) is 72.8 Å². The van der Waals surface area contributed by atoms with Crippen LogP contribution in [0.2, 0.25) is 0 Å². The lowest BCUT2D eigenvalue weighted by Crippen LogP contribution is -2.60. The van der Waals surface area contributed by atoms with E-state index in [9.17, 15) is 9.59 Å². The number of hydrogen-bond donors (Lipinski definition) is 0. The van der Waals surface area contributed by atoms with Crippen LogP contribution in [0.1, 0.15) is 37.7 Å². The highest BCUT2D eigenvalue weighted by molar-refractivity contribution is 6.32. The summed E-state index contributed by atoms with van der Waals surface area (Å²) in [5, 5.41) is 0. The summed E-state index contributed by atoms with van der Waals surface area (Å²) < 4.78 is 0. The molecule has 2 aromatic carbocycles. The highest BCUT2D eigenvalue weighted by Crippen LogP contribution is 2.42. The second-order valence-corrected chi connectivity index (χ2v) is 8.33. The minimum atomic E-state index is -1.37. The lowest BCUT2D eigenvalue weighted by molar-refractivity contribution is 0.0266. The average molecular weight is 412 g/mol. The molecule has 1 aliphatic heterocycles. The summed E-state index contributed by atoms with van der Waals surface area (Å²) in [6.07, 6.45) is 0. The number of rotatable bonds is 4. The van der Waals surface area contributed by atoms with Crippen molar-refractivity contribution in [3.05, 3.63) is 101 Å². The number of carbonyl (C=O) groups is 2. The third-order valence-corrected chi connectivity index (χ3v) is 6.43. The Hall–Kier alpha value is -3.15. The Labute approximate surface area is 182 Å². The lowest BCUT2D eigenvalue weighted by Gasteiger charge is -2.43. The summed E-state index contributed by atoms with van der Waals surface area (Å²) in [5.74, 6) is -0.301. The molecular formula is C26H25N3O2. The number of nitrogens with zero attached hydrogens (tertiary/aromatic N) is 3. The van der Waals surface area contributed by atoms with Crippen LogP contribution in [-0.4, -0.2) is 52.5 Å². The molecule has 1 aromatic heterocycles. The molecule has 3 aromatic rings. The third-order valence-electron chi connectivity index (χ3n) is 6.43. The van der Waals surface area contributed by atoms with Crippen molar-refractivity contribution in [1.29, 1.82) is 0 Å². The molecule has 1 aliphatic carbocycles. The van der Waals surface area contributed by atoms with Crippen molar-refractivity contribution in [2.75, 3.05) is 26.2 Å². The fraction of sp³-hybridized carbons (Fsp3) is 0.269. The van der Waals surface area contributed by atoms with Crippen molar-refractivity contribution < 1.29 is 9.59 Å². The molecule has 0 spiro atoms. The number of piperazine rings is 1. The molecule has 0 unspecified atom stereocenters. The zero-order valence-electron chi connectivity index (χ0n) is 17.6. The average Bonchev–Trinajstić information content (AvgIpc) is 3.03. The first-order valence-corrected chi connectivity index (χ1v) is 10.7. The first-order chi connectivity index (χ1) is 15.1. The Morgan fingerprint density at radius 3 is 2.00 bits per heavy atom. The monoisotopic (exact) mass is 411 g/mol. The summed E-state index contributed by atoms with van der Waals surface area (Å²) >= 11 is 0. The van der Waals surface area contributed by atoms with E-state index in [0.29, 0.717) is 29.9 Å². The number of aromatic nitrogens is 1. The molecule has 1 fully saturated rings. The summed E-state index contributed by atoms with van der Waals surface area (Å²) in [7, 11) is 0. The molecule has 1 saturated heterocycles. The molecular weight excluding hydrogens is 386 g/mol. The number of Topliss-reactive ketones (excluding diaryl/α,β-unsaturated/α-hetero) is 2. The van der Waals surface area contributed by atoms with Crippen molar-refractivity contribution in [3.63, 3.8) is 0 Å². The first-order valence-electron chi connectivity index (χ1n) is 10.7. The minimum Gasteiger partial charge on any atom is -0.297 e. The number of ketones is 2. The van der Waals surface area contributed by atoms with Crippen molar-refractivity contribution >= 4 is 11.6 Å². The summed E-state index contributed by atoms with van der Waals surface area (Å²) in [6.45, 7) is 5.61. The topological polar surface area (TPSA) is 53.5 Å². The Balaban J connectivity index is 1.49. The second kappa shape index (κ2) is 7.84. The molecule has 0 radical (unpaired) electrons. The van der Waals surface area contributed by atoms with Gasteiger partial charge >= 0.3 is 0 Å². The zero-order chi connectivity index (χ0) is 21.4. The molecule has 0 atom stereocenters. The number of carbonyl (C=O) groups excluding carboxylic acids is 2. The van der Waals surface area contributed by atoms with Crippen LogP contribution in [0.3, 0.4) is 0 Å². The summed E-state index contributed by atoms with van der Waals surface area (Å²) in [6, 6.07) is 23.2. The van der Waals surface area contributed by atoms with Crippen molar-refractivity contribution in [3.8, 4) is 0 Å². The van der Waals surface area contributed by atoms with E-state index in [1.165, 1.54) is 5.56 Å². The van der Waals surface area contributed by atoms with Crippen LogP contribution in [-0.2, 0) is 12.1 Å². The maximum absolute atomic E-state index is 13.8. The van der Waals surface area contributed by atoms with Gasteiger partial charge in [-0.25, -0.2) is 0 Å². The van der Waals surface area contributed by atoms with E-state index in [4.69, 9.17) is 0 Å². The molecule has 156 valence electrons. The van der Waals surface area contributed by atoms with Gasteiger partial charge in [0.2, 0.25) is 0 Å². The first kappa shape index (κ1) is 19.8. The van der Waals surface area contributed by atoms with Gasteiger partial charge in [0, 0.05) is 49.5 Å². The number of hydrogen-bond acceptors (Lipinski definition) is 5.